The molecule has 0 saturated heterocycles. The van der Waals surface area contributed by atoms with Crippen molar-refractivity contribution in [3.8, 4) is 5.75 Å². The highest BCUT2D eigenvalue weighted by Gasteiger charge is 2.10. The van der Waals surface area contributed by atoms with Crippen LogP contribution in [0.1, 0.15) is 10.4 Å². The number of anilines is 1. The Hall–Kier alpha value is -3.34. The summed E-state index contributed by atoms with van der Waals surface area (Å²) >= 11 is 0. The monoisotopic (exact) mass is 320 g/mol. The number of hydrogen-bond acceptors (Lipinski definition) is 3. The second kappa shape index (κ2) is 6.83. The van der Waals surface area contributed by atoms with Gasteiger partial charge in [0.15, 0.2) is 6.61 Å². The van der Waals surface area contributed by atoms with Crippen LogP contribution in [0.4, 0.5) is 5.69 Å². The number of carbonyl (C=O) groups excluding carboxylic acids is 2. The minimum absolute atomic E-state index is 0.161. The lowest BCUT2D eigenvalue weighted by atomic mass is 10.1. The van der Waals surface area contributed by atoms with Gasteiger partial charge in [-0.1, -0.05) is 42.5 Å². The van der Waals surface area contributed by atoms with Gasteiger partial charge in [-0.3, -0.25) is 9.59 Å². The number of ether oxygens (including phenoxy) is 1. The van der Waals surface area contributed by atoms with Gasteiger partial charge < -0.3 is 15.8 Å². The first kappa shape index (κ1) is 15.6. The zero-order valence-electron chi connectivity index (χ0n) is 12.9. The number of hydrogen-bond donors (Lipinski definition) is 2. The molecule has 0 aromatic heterocycles. The van der Waals surface area contributed by atoms with E-state index in [0.717, 1.165) is 10.8 Å². The van der Waals surface area contributed by atoms with Crippen LogP contribution in [0.25, 0.3) is 10.8 Å². The minimum atomic E-state index is -0.596. The van der Waals surface area contributed by atoms with Crippen molar-refractivity contribution in [1.82, 2.24) is 0 Å². The van der Waals surface area contributed by atoms with E-state index in [1.165, 1.54) is 0 Å². The van der Waals surface area contributed by atoms with Crippen molar-refractivity contribution in [2.24, 2.45) is 5.73 Å². The molecule has 3 rings (SSSR count). The van der Waals surface area contributed by atoms with Crippen molar-refractivity contribution in [3.05, 3.63) is 72.3 Å². The molecule has 0 aliphatic heterocycles. The average molecular weight is 320 g/mol. The van der Waals surface area contributed by atoms with Crippen LogP contribution in [0.15, 0.2) is 66.7 Å². The third kappa shape index (κ3) is 3.52. The van der Waals surface area contributed by atoms with Gasteiger partial charge in [-0.05, 0) is 35.0 Å². The van der Waals surface area contributed by atoms with Crippen molar-refractivity contribution in [2.45, 2.75) is 0 Å². The molecule has 0 aliphatic rings. The predicted molar refractivity (Wildman–Crippen MR) is 93.0 cm³/mol. The lowest BCUT2D eigenvalue weighted by molar-refractivity contribution is -0.118. The van der Waals surface area contributed by atoms with E-state index in [-0.39, 0.29) is 18.1 Å². The highest BCUT2D eigenvalue weighted by molar-refractivity contribution is 6.03. The number of benzene rings is 3. The van der Waals surface area contributed by atoms with E-state index in [9.17, 15) is 9.59 Å². The first-order chi connectivity index (χ1) is 11.6. The fourth-order valence-corrected chi connectivity index (χ4v) is 2.40. The maximum atomic E-state index is 12.0. The first-order valence-corrected chi connectivity index (χ1v) is 7.44. The topological polar surface area (TPSA) is 81.4 Å². The Balaban J connectivity index is 1.66. The number of carbonyl (C=O) groups is 2. The molecule has 2 amide bonds. The Bertz CT molecular complexity index is 906. The van der Waals surface area contributed by atoms with E-state index in [0.29, 0.717) is 11.4 Å². The Morgan fingerprint density at radius 2 is 1.62 bits per heavy atom. The summed E-state index contributed by atoms with van der Waals surface area (Å²) in [5.41, 5.74) is 5.92. The number of rotatable bonds is 5. The van der Waals surface area contributed by atoms with Crippen LogP contribution in [-0.4, -0.2) is 18.4 Å². The zero-order chi connectivity index (χ0) is 16.9. The molecule has 0 spiro atoms. The number of nitrogens with one attached hydrogen (secondary N) is 1. The molecular weight excluding hydrogens is 304 g/mol. The summed E-state index contributed by atoms with van der Waals surface area (Å²) in [6.45, 7) is -0.161. The molecule has 0 unspecified atom stereocenters. The maximum Gasteiger partial charge on any atom is 0.262 e. The fourth-order valence-electron chi connectivity index (χ4n) is 2.40. The van der Waals surface area contributed by atoms with Crippen LogP contribution < -0.4 is 15.8 Å². The largest absolute Gasteiger partial charge is 0.484 e. The number of primary amides is 1. The van der Waals surface area contributed by atoms with Crippen molar-refractivity contribution in [3.63, 3.8) is 0 Å². The zero-order valence-corrected chi connectivity index (χ0v) is 12.9. The molecule has 3 N–H and O–H groups in total. The molecule has 0 bridgehead atoms. The molecule has 24 heavy (non-hydrogen) atoms. The van der Waals surface area contributed by atoms with Gasteiger partial charge in [-0.2, -0.15) is 0 Å². The van der Waals surface area contributed by atoms with E-state index in [1.807, 2.05) is 42.5 Å². The standard InChI is InChI=1S/C19H16N2O3/c20-19(23)16-7-3-4-8-17(16)21-18(22)12-24-15-10-9-13-5-1-2-6-14(13)11-15/h1-11H,12H2,(H2,20,23)(H,21,22). The van der Waals surface area contributed by atoms with E-state index in [2.05, 4.69) is 5.32 Å². The van der Waals surface area contributed by atoms with Gasteiger partial charge >= 0.3 is 0 Å². The molecule has 120 valence electrons. The molecule has 0 saturated carbocycles. The van der Waals surface area contributed by atoms with Crippen LogP contribution in [-0.2, 0) is 4.79 Å². The van der Waals surface area contributed by atoms with Crippen LogP contribution in [0, 0.1) is 0 Å². The molecule has 3 aromatic carbocycles. The van der Waals surface area contributed by atoms with Gasteiger partial charge in [0, 0.05) is 0 Å². The minimum Gasteiger partial charge on any atom is -0.484 e. The summed E-state index contributed by atoms with van der Waals surface area (Å²) in [4.78, 5) is 23.4. The van der Waals surface area contributed by atoms with Gasteiger partial charge in [0.1, 0.15) is 5.75 Å². The van der Waals surface area contributed by atoms with Gasteiger partial charge in [0.05, 0.1) is 11.3 Å². The first-order valence-electron chi connectivity index (χ1n) is 7.44. The van der Waals surface area contributed by atoms with Crippen LogP contribution in [0.2, 0.25) is 0 Å². The summed E-state index contributed by atoms with van der Waals surface area (Å²) in [6, 6.07) is 20.1. The van der Waals surface area contributed by atoms with Crippen molar-refractivity contribution in [2.75, 3.05) is 11.9 Å². The van der Waals surface area contributed by atoms with Gasteiger partial charge in [0.2, 0.25) is 0 Å². The average Bonchev–Trinajstić information content (AvgIpc) is 2.60. The summed E-state index contributed by atoms with van der Waals surface area (Å²) in [7, 11) is 0. The van der Waals surface area contributed by atoms with E-state index < -0.39 is 5.91 Å². The van der Waals surface area contributed by atoms with Gasteiger partial charge in [-0.25, -0.2) is 0 Å². The Morgan fingerprint density at radius 3 is 2.42 bits per heavy atom. The van der Waals surface area contributed by atoms with E-state index >= 15 is 0 Å². The number of amides is 2. The van der Waals surface area contributed by atoms with Crippen LogP contribution in [0.3, 0.4) is 0 Å². The predicted octanol–water partition coefficient (Wildman–Crippen LogP) is 2.96. The second-order valence-corrected chi connectivity index (χ2v) is 5.26. The van der Waals surface area contributed by atoms with Crippen molar-refractivity contribution >= 4 is 28.3 Å². The van der Waals surface area contributed by atoms with Crippen LogP contribution >= 0.6 is 0 Å². The SMILES string of the molecule is NC(=O)c1ccccc1NC(=O)COc1ccc2ccccc2c1. The Labute approximate surface area is 139 Å². The number of fused-ring (bicyclic) bond motifs is 1. The third-order valence-corrected chi connectivity index (χ3v) is 3.56. The van der Waals surface area contributed by atoms with Gasteiger partial charge in [-0.15, -0.1) is 0 Å². The van der Waals surface area contributed by atoms with E-state index in [4.69, 9.17) is 10.5 Å². The van der Waals surface area contributed by atoms with E-state index in [1.54, 1.807) is 24.3 Å². The molecule has 3 aromatic rings. The summed E-state index contributed by atoms with van der Waals surface area (Å²) < 4.78 is 5.52. The maximum absolute atomic E-state index is 12.0. The smallest absolute Gasteiger partial charge is 0.262 e. The third-order valence-electron chi connectivity index (χ3n) is 3.56. The molecule has 5 heteroatoms. The molecule has 0 fully saturated rings. The fraction of sp³-hybridized carbons (Fsp3) is 0.0526. The highest BCUT2D eigenvalue weighted by Crippen LogP contribution is 2.20. The summed E-state index contributed by atoms with van der Waals surface area (Å²) in [6.07, 6.45) is 0. The molecule has 0 aliphatic carbocycles. The molecule has 0 heterocycles. The highest BCUT2D eigenvalue weighted by atomic mass is 16.5. The molecular formula is C19H16N2O3. The lowest BCUT2D eigenvalue weighted by Gasteiger charge is -2.10. The second-order valence-electron chi connectivity index (χ2n) is 5.26. The Morgan fingerprint density at radius 1 is 0.917 bits per heavy atom. The summed E-state index contributed by atoms with van der Waals surface area (Å²) in [5.74, 6) is -0.356. The van der Waals surface area contributed by atoms with Crippen molar-refractivity contribution < 1.29 is 14.3 Å². The molecule has 5 nitrogen and oxygen atoms in total. The number of para-hydroxylation sites is 1. The molecule has 0 atom stereocenters. The molecule has 0 radical (unpaired) electrons. The number of nitrogens with two attached hydrogens (primary N) is 1. The Kier molecular flexibility index (Phi) is 4.43. The normalized spacial score (nSPS) is 10.3. The lowest BCUT2D eigenvalue weighted by Crippen LogP contribution is -2.22. The van der Waals surface area contributed by atoms with Gasteiger partial charge in [0.25, 0.3) is 11.8 Å². The van der Waals surface area contributed by atoms with Crippen molar-refractivity contribution in [1.29, 1.82) is 0 Å². The summed E-state index contributed by atoms with van der Waals surface area (Å²) in [5, 5.41) is 4.77. The quantitative estimate of drug-likeness (QED) is 0.758. The van der Waals surface area contributed by atoms with Crippen LogP contribution in [0.5, 0.6) is 5.75 Å².